The van der Waals surface area contributed by atoms with Crippen LogP contribution in [-0.4, -0.2) is 59.6 Å². The fraction of sp³-hybridized carbons (Fsp3) is 0.300. The molecule has 3 aliphatic heterocycles. The second kappa shape index (κ2) is 13.1. The Morgan fingerprint density at radius 3 is 2.37 bits per heavy atom. The third-order valence-electron chi connectivity index (χ3n) is 10.8. The standard InChI is InChI=1S/C40H40FN5O5Si/c1-26-38(52(2,3)41)36(20-21-44-23-32(42-43-44)30(24-47)27-12-6-4-7-13-27)51-40(26)31-22-29(45-34-16-10-11-17-35(34)50-25-37(45)48)18-19-33(31)46(39(40)49)28-14-8-5-9-15-28/h4-19,22-23,26,30,36,38,47H,20-21,24-25H2,1-3H3/t26-,30?,36+,38-,40+/m0/s1. The number of aromatic nitrogens is 3. The van der Waals surface area contributed by atoms with Crippen molar-refractivity contribution >= 4 is 43.0 Å². The second-order valence-corrected chi connectivity index (χ2v) is 18.1. The minimum Gasteiger partial charge on any atom is -0.482 e. The Kier molecular flexibility index (Phi) is 8.55. The number of ether oxygens (including phenoxy) is 2. The van der Waals surface area contributed by atoms with Crippen LogP contribution in [-0.2, 0) is 26.5 Å². The van der Waals surface area contributed by atoms with Gasteiger partial charge in [-0.2, -0.15) is 0 Å². The van der Waals surface area contributed by atoms with Crippen LogP contribution in [0.4, 0.5) is 26.9 Å². The Hall–Kier alpha value is -5.17. The Bertz CT molecular complexity index is 2130. The average molecular weight is 718 g/mol. The summed E-state index contributed by atoms with van der Waals surface area (Å²) in [5, 5.41) is 18.9. The number of hydrogen-bond donors (Lipinski definition) is 1. The van der Waals surface area contributed by atoms with Crippen molar-refractivity contribution in [3.8, 4) is 5.75 Å². The number of aliphatic hydroxyl groups is 1. The first kappa shape index (κ1) is 33.9. The number of benzene rings is 4. The van der Waals surface area contributed by atoms with Gasteiger partial charge in [0.25, 0.3) is 11.8 Å². The van der Waals surface area contributed by atoms with Gasteiger partial charge in [-0.1, -0.05) is 72.8 Å². The molecule has 1 fully saturated rings. The van der Waals surface area contributed by atoms with E-state index in [1.54, 1.807) is 27.6 Å². The van der Waals surface area contributed by atoms with Crippen molar-refractivity contribution in [3.63, 3.8) is 0 Å². The summed E-state index contributed by atoms with van der Waals surface area (Å²) < 4.78 is 31.1. The van der Waals surface area contributed by atoms with E-state index in [-0.39, 0.29) is 30.9 Å². The minimum absolute atomic E-state index is 0.124. The van der Waals surface area contributed by atoms with Gasteiger partial charge in [-0.25, -0.2) is 0 Å². The van der Waals surface area contributed by atoms with E-state index in [1.165, 1.54) is 0 Å². The number of carbonyl (C=O) groups is 2. The summed E-state index contributed by atoms with van der Waals surface area (Å²) in [7, 11) is -3.46. The summed E-state index contributed by atoms with van der Waals surface area (Å²) in [6.45, 7) is 5.41. The highest BCUT2D eigenvalue weighted by atomic mass is 28.4. The number of amides is 2. The van der Waals surface area contributed by atoms with Crippen LogP contribution in [0.15, 0.2) is 109 Å². The zero-order chi connectivity index (χ0) is 36.2. The zero-order valence-electron chi connectivity index (χ0n) is 29.2. The van der Waals surface area contributed by atoms with E-state index in [1.807, 2.05) is 116 Å². The van der Waals surface area contributed by atoms with Crippen molar-refractivity contribution in [2.24, 2.45) is 5.92 Å². The number of fused-ring (bicyclic) bond motifs is 3. The molecule has 1 saturated heterocycles. The SMILES string of the molecule is C[C@H]1[C@H]([Si](C)(C)F)[C@@H](CCn2cc(C(CO)c3ccccc3)nn2)O[C@]12C(=O)N(c1ccccc1)c1ccc(N3C(=O)COc4ccccc43)cc12. The van der Waals surface area contributed by atoms with Crippen LogP contribution in [0.2, 0.25) is 18.6 Å². The summed E-state index contributed by atoms with van der Waals surface area (Å²) in [6, 6.07) is 31.9. The Labute approximate surface area is 302 Å². The molecular formula is C40H40FN5O5Si. The number of aryl methyl sites for hydroxylation is 1. The molecule has 0 saturated carbocycles. The van der Waals surface area contributed by atoms with Crippen LogP contribution in [0.25, 0.3) is 0 Å². The predicted molar refractivity (Wildman–Crippen MR) is 197 cm³/mol. The van der Waals surface area contributed by atoms with Crippen molar-refractivity contribution in [2.45, 2.75) is 56.1 Å². The van der Waals surface area contributed by atoms with Crippen molar-refractivity contribution in [1.82, 2.24) is 15.0 Å². The average Bonchev–Trinajstić information content (AvgIpc) is 3.81. The molecule has 0 radical (unpaired) electrons. The lowest BCUT2D eigenvalue weighted by molar-refractivity contribution is -0.145. The lowest BCUT2D eigenvalue weighted by atomic mass is 9.82. The number of rotatable bonds is 9. The summed E-state index contributed by atoms with van der Waals surface area (Å²) in [5.41, 5.74) is 2.60. The van der Waals surface area contributed by atoms with Gasteiger partial charge in [0, 0.05) is 41.1 Å². The number of hydrogen-bond acceptors (Lipinski definition) is 7. The smallest absolute Gasteiger partial charge is 0.269 e. The van der Waals surface area contributed by atoms with Gasteiger partial charge in [0.2, 0.25) is 8.41 Å². The molecule has 1 unspecified atom stereocenters. The quantitative estimate of drug-likeness (QED) is 0.129. The van der Waals surface area contributed by atoms with Gasteiger partial charge < -0.3 is 18.7 Å². The lowest BCUT2D eigenvalue weighted by Crippen LogP contribution is -2.44. The molecule has 5 atom stereocenters. The molecule has 0 aliphatic carbocycles. The largest absolute Gasteiger partial charge is 0.482 e. The topological polar surface area (TPSA) is 110 Å². The highest BCUT2D eigenvalue weighted by Crippen LogP contribution is 2.62. The minimum atomic E-state index is -3.46. The maximum absolute atomic E-state index is 16.6. The van der Waals surface area contributed by atoms with Crippen molar-refractivity contribution in [1.29, 1.82) is 0 Å². The van der Waals surface area contributed by atoms with Gasteiger partial charge in [-0.05, 0) is 67.5 Å². The van der Waals surface area contributed by atoms with E-state index in [2.05, 4.69) is 10.3 Å². The summed E-state index contributed by atoms with van der Waals surface area (Å²) in [4.78, 5) is 31.7. The third kappa shape index (κ3) is 5.53. The Morgan fingerprint density at radius 1 is 0.923 bits per heavy atom. The summed E-state index contributed by atoms with van der Waals surface area (Å²) in [5.74, 6) is -0.805. The highest BCUT2D eigenvalue weighted by Gasteiger charge is 2.67. The van der Waals surface area contributed by atoms with Gasteiger partial charge in [0.1, 0.15) is 5.75 Å². The van der Waals surface area contributed by atoms with Gasteiger partial charge in [0.05, 0.1) is 35.7 Å². The molecule has 10 nitrogen and oxygen atoms in total. The Morgan fingerprint density at radius 2 is 1.63 bits per heavy atom. The summed E-state index contributed by atoms with van der Waals surface area (Å²) in [6.07, 6.45) is 1.59. The fourth-order valence-corrected chi connectivity index (χ4v) is 11.0. The molecule has 0 bridgehead atoms. The van der Waals surface area contributed by atoms with E-state index >= 15 is 8.90 Å². The molecule has 12 heteroatoms. The third-order valence-corrected chi connectivity index (χ3v) is 13.2. The van der Waals surface area contributed by atoms with Crippen LogP contribution in [0.1, 0.15) is 36.1 Å². The van der Waals surface area contributed by atoms with E-state index in [4.69, 9.17) is 9.47 Å². The first-order valence-electron chi connectivity index (χ1n) is 17.6. The number of halogens is 1. The van der Waals surface area contributed by atoms with E-state index in [0.29, 0.717) is 52.7 Å². The molecule has 52 heavy (non-hydrogen) atoms. The van der Waals surface area contributed by atoms with Crippen LogP contribution >= 0.6 is 0 Å². The number of para-hydroxylation sites is 3. The van der Waals surface area contributed by atoms with Crippen LogP contribution in [0, 0.1) is 5.92 Å². The van der Waals surface area contributed by atoms with Crippen molar-refractivity contribution in [2.75, 3.05) is 23.0 Å². The summed E-state index contributed by atoms with van der Waals surface area (Å²) >= 11 is 0. The molecule has 1 aromatic heterocycles. The Balaban J connectivity index is 1.18. The molecule has 5 aromatic rings. The van der Waals surface area contributed by atoms with Crippen LogP contribution < -0.4 is 14.5 Å². The molecule has 3 aliphatic rings. The van der Waals surface area contributed by atoms with Crippen LogP contribution in [0.3, 0.4) is 0 Å². The molecule has 1 N–H and O–H groups in total. The maximum atomic E-state index is 16.6. The van der Waals surface area contributed by atoms with Gasteiger partial charge >= 0.3 is 0 Å². The number of aliphatic hydroxyl groups excluding tert-OH is 1. The van der Waals surface area contributed by atoms with Gasteiger partial charge in [-0.15, -0.1) is 5.10 Å². The van der Waals surface area contributed by atoms with Gasteiger partial charge in [-0.3, -0.25) is 24.1 Å². The van der Waals surface area contributed by atoms with Crippen molar-refractivity contribution in [3.05, 3.63) is 126 Å². The molecule has 1 spiro atoms. The molecule has 4 heterocycles. The maximum Gasteiger partial charge on any atom is 0.269 e. The number of nitrogens with zero attached hydrogens (tertiary/aromatic N) is 5. The monoisotopic (exact) mass is 717 g/mol. The molecule has 2 amide bonds. The first-order valence-corrected chi connectivity index (χ1v) is 20.6. The van der Waals surface area contributed by atoms with Gasteiger partial charge in [0.15, 0.2) is 12.2 Å². The number of carbonyl (C=O) groups excluding carboxylic acids is 2. The second-order valence-electron chi connectivity index (χ2n) is 14.3. The normalized spacial score (nSPS) is 23.1. The molecule has 8 rings (SSSR count). The first-order chi connectivity index (χ1) is 25.1. The lowest BCUT2D eigenvalue weighted by Gasteiger charge is -2.32. The van der Waals surface area contributed by atoms with E-state index in [9.17, 15) is 9.90 Å². The van der Waals surface area contributed by atoms with Crippen molar-refractivity contribution < 1.29 is 28.3 Å². The zero-order valence-corrected chi connectivity index (χ0v) is 30.2. The highest BCUT2D eigenvalue weighted by molar-refractivity contribution is 6.72. The predicted octanol–water partition coefficient (Wildman–Crippen LogP) is 7.00. The number of anilines is 4. The molecule has 4 aromatic carbocycles. The van der Waals surface area contributed by atoms with E-state index in [0.717, 1.165) is 5.56 Å². The van der Waals surface area contributed by atoms with E-state index < -0.39 is 31.6 Å². The van der Waals surface area contributed by atoms with Crippen LogP contribution in [0.5, 0.6) is 5.75 Å². The molecular weight excluding hydrogens is 678 g/mol. The fourth-order valence-electron chi connectivity index (χ4n) is 8.49. The molecule has 266 valence electrons.